The van der Waals surface area contributed by atoms with E-state index in [2.05, 4.69) is 41.5 Å². The fraction of sp³-hybridized carbons (Fsp3) is 1.00. The molecular formula is C40H84FNO3S. The molecule has 0 rings (SSSR count). The fourth-order valence-corrected chi connectivity index (χ4v) is 7.50. The van der Waals surface area contributed by atoms with Crippen molar-refractivity contribution in [1.82, 2.24) is 0 Å². The van der Waals surface area contributed by atoms with E-state index in [1.165, 1.54) is 153 Å². The van der Waals surface area contributed by atoms with Crippen molar-refractivity contribution in [3.05, 3.63) is 0 Å². The third-order valence-corrected chi connectivity index (χ3v) is 12.0. The summed E-state index contributed by atoms with van der Waals surface area (Å²) in [6.07, 6.45) is 31.8. The topological polar surface area (TPSA) is 57.2 Å². The van der Waals surface area contributed by atoms with Crippen molar-refractivity contribution in [2.24, 2.45) is 0 Å². The Kier molecular flexibility index (Phi) is 34.7. The van der Waals surface area contributed by atoms with E-state index < -0.39 is 15.1 Å². The lowest BCUT2D eigenvalue weighted by molar-refractivity contribution is -0.921. The van der Waals surface area contributed by atoms with Crippen LogP contribution in [0.1, 0.15) is 228 Å². The van der Waals surface area contributed by atoms with Gasteiger partial charge in [-0.1, -0.05) is 174 Å². The number of alkyl halides is 1. The highest BCUT2D eigenvalue weighted by atomic mass is 32.2. The fourth-order valence-electron chi connectivity index (χ4n) is 6.71. The first kappa shape index (κ1) is 47.9. The molecule has 0 aliphatic rings. The summed E-state index contributed by atoms with van der Waals surface area (Å²) in [4.78, 5) is 0. The molecule has 0 radical (unpaired) electrons. The SMILES string of the molecule is CCCCCCCCCCCCCCCCCCCCC(F)(CCCCCCCCCCC)S(=O)(=O)[O-].CC[N+](CC)(CC)CC. The Morgan fingerprint density at radius 3 is 0.761 bits per heavy atom. The number of hydrogen-bond donors (Lipinski definition) is 0. The van der Waals surface area contributed by atoms with Crippen LogP contribution in [0, 0.1) is 0 Å². The zero-order valence-corrected chi connectivity index (χ0v) is 33.1. The van der Waals surface area contributed by atoms with E-state index in [1.807, 2.05) is 0 Å². The second-order valence-electron chi connectivity index (χ2n) is 14.3. The minimum Gasteiger partial charge on any atom is -0.745 e. The molecule has 0 N–H and O–H groups in total. The summed E-state index contributed by atoms with van der Waals surface area (Å²) in [5.41, 5.74) is 0. The van der Waals surface area contributed by atoms with Crippen LogP contribution in [-0.2, 0) is 10.1 Å². The van der Waals surface area contributed by atoms with Crippen molar-refractivity contribution >= 4 is 10.1 Å². The number of unbranched alkanes of at least 4 members (excludes halogenated alkanes) is 25. The molecule has 0 amide bonds. The normalized spacial score (nSPS) is 13.4. The molecule has 280 valence electrons. The molecule has 0 aromatic rings. The molecule has 0 saturated heterocycles. The van der Waals surface area contributed by atoms with Gasteiger partial charge in [0.25, 0.3) is 0 Å². The number of rotatable bonds is 34. The van der Waals surface area contributed by atoms with E-state index in [9.17, 15) is 13.0 Å². The van der Waals surface area contributed by atoms with Crippen LogP contribution in [0.15, 0.2) is 0 Å². The van der Waals surface area contributed by atoms with Gasteiger partial charge in [-0.3, -0.25) is 0 Å². The number of nitrogens with zero attached hydrogens (tertiary/aromatic N) is 1. The number of hydrogen-bond acceptors (Lipinski definition) is 3. The maximum Gasteiger partial charge on any atom is 0.199 e. The van der Waals surface area contributed by atoms with E-state index in [1.54, 1.807) is 0 Å². The molecule has 0 fully saturated rings. The van der Waals surface area contributed by atoms with Crippen molar-refractivity contribution < 1.29 is 21.8 Å². The Labute approximate surface area is 290 Å². The Balaban J connectivity index is 0. The highest BCUT2D eigenvalue weighted by Crippen LogP contribution is 2.32. The maximum absolute atomic E-state index is 15.0. The van der Waals surface area contributed by atoms with Gasteiger partial charge < -0.3 is 9.04 Å². The third-order valence-electron chi connectivity index (χ3n) is 10.7. The van der Waals surface area contributed by atoms with E-state index in [0.29, 0.717) is 12.8 Å². The van der Waals surface area contributed by atoms with Crippen molar-refractivity contribution in [2.45, 2.75) is 233 Å². The van der Waals surface area contributed by atoms with Gasteiger partial charge in [-0.15, -0.1) is 0 Å². The first-order chi connectivity index (χ1) is 22.1. The summed E-state index contributed by atoms with van der Waals surface area (Å²) in [5, 5.41) is -2.57. The van der Waals surface area contributed by atoms with Crippen LogP contribution >= 0.6 is 0 Å². The van der Waals surface area contributed by atoms with Crippen LogP contribution in [0.25, 0.3) is 0 Å². The standard InChI is InChI=1S/C32H65FO3S.C8H20N/c1-3-5-7-9-11-13-14-15-16-17-18-19-20-21-23-25-27-29-31-32(33,37(34,35)36)30-28-26-24-22-12-10-8-6-4-2;1-5-9(6-2,7-3)8-4/h3-31H2,1-2H3,(H,34,35,36);5-8H2,1-4H3/q;+1/p-1. The Morgan fingerprint density at radius 2 is 0.609 bits per heavy atom. The Hall–Kier alpha value is -0.200. The summed E-state index contributed by atoms with van der Waals surface area (Å²) >= 11 is 0. The molecule has 0 bridgehead atoms. The van der Waals surface area contributed by atoms with Gasteiger partial charge in [-0.05, 0) is 53.4 Å². The van der Waals surface area contributed by atoms with Crippen LogP contribution in [0.2, 0.25) is 0 Å². The molecular weight excluding hydrogens is 594 g/mol. The molecule has 1 unspecified atom stereocenters. The minimum absolute atomic E-state index is 0.130. The predicted molar refractivity (Wildman–Crippen MR) is 201 cm³/mol. The highest BCUT2D eigenvalue weighted by molar-refractivity contribution is 7.87. The first-order valence-electron chi connectivity index (χ1n) is 20.6. The van der Waals surface area contributed by atoms with E-state index >= 15 is 4.39 Å². The van der Waals surface area contributed by atoms with Gasteiger partial charge >= 0.3 is 0 Å². The number of halogens is 1. The van der Waals surface area contributed by atoms with E-state index in [4.69, 9.17) is 0 Å². The molecule has 0 heterocycles. The van der Waals surface area contributed by atoms with Gasteiger partial charge in [0.15, 0.2) is 5.00 Å². The summed E-state index contributed by atoms with van der Waals surface area (Å²) in [7, 11) is -4.91. The van der Waals surface area contributed by atoms with Gasteiger partial charge in [0.2, 0.25) is 0 Å². The zero-order valence-electron chi connectivity index (χ0n) is 32.3. The quantitative estimate of drug-likeness (QED) is 0.0387. The van der Waals surface area contributed by atoms with Gasteiger partial charge in [-0.25, -0.2) is 12.8 Å². The summed E-state index contributed by atoms with van der Waals surface area (Å²) < 4.78 is 51.1. The molecule has 46 heavy (non-hydrogen) atoms. The average molecular weight is 678 g/mol. The van der Waals surface area contributed by atoms with E-state index in [-0.39, 0.29) is 12.8 Å². The van der Waals surface area contributed by atoms with Crippen LogP contribution in [0.5, 0.6) is 0 Å². The maximum atomic E-state index is 15.0. The lowest BCUT2D eigenvalue weighted by Gasteiger charge is -2.34. The predicted octanol–water partition coefficient (Wildman–Crippen LogP) is 13.4. The largest absolute Gasteiger partial charge is 0.745 e. The van der Waals surface area contributed by atoms with Crippen LogP contribution in [-0.4, -0.2) is 48.6 Å². The van der Waals surface area contributed by atoms with E-state index in [0.717, 1.165) is 38.5 Å². The number of quaternary nitrogens is 1. The van der Waals surface area contributed by atoms with Crippen LogP contribution < -0.4 is 0 Å². The molecule has 0 aromatic carbocycles. The molecule has 1 atom stereocenters. The molecule has 0 saturated carbocycles. The smallest absolute Gasteiger partial charge is 0.199 e. The zero-order chi connectivity index (χ0) is 34.8. The lowest BCUT2D eigenvalue weighted by atomic mass is 10.0. The summed E-state index contributed by atoms with van der Waals surface area (Å²) in [6.45, 7) is 18.7. The van der Waals surface area contributed by atoms with Crippen LogP contribution in [0.3, 0.4) is 0 Å². The molecule has 6 heteroatoms. The summed E-state index contributed by atoms with van der Waals surface area (Å²) in [5.74, 6) is 0. The molecule has 0 spiro atoms. The molecule has 0 aliphatic carbocycles. The average Bonchev–Trinajstić information content (AvgIpc) is 3.04. The van der Waals surface area contributed by atoms with Gasteiger partial charge in [0, 0.05) is 0 Å². The lowest BCUT2D eigenvalue weighted by Crippen LogP contribution is -2.47. The monoisotopic (exact) mass is 678 g/mol. The van der Waals surface area contributed by atoms with Gasteiger partial charge in [0.05, 0.1) is 26.2 Å². The molecule has 0 aromatic heterocycles. The Morgan fingerprint density at radius 1 is 0.413 bits per heavy atom. The van der Waals surface area contributed by atoms with Crippen molar-refractivity contribution in [3.63, 3.8) is 0 Å². The Bertz CT molecular complexity index is 696. The van der Waals surface area contributed by atoms with Gasteiger partial charge in [-0.2, -0.15) is 0 Å². The second kappa shape index (κ2) is 33.3. The molecule has 0 aliphatic heterocycles. The van der Waals surface area contributed by atoms with Crippen molar-refractivity contribution in [3.8, 4) is 0 Å². The molecule has 4 nitrogen and oxygen atoms in total. The van der Waals surface area contributed by atoms with Crippen LogP contribution in [0.4, 0.5) is 4.39 Å². The first-order valence-corrected chi connectivity index (χ1v) is 22.0. The van der Waals surface area contributed by atoms with Crippen molar-refractivity contribution in [1.29, 1.82) is 0 Å². The minimum atomic E-state index is -4.91. The third kappa shape index (κ3) is 27.7. The second-order valence-corrected chi connectivity index (χ2v) is 15.9. The highest BCUT2D eigenvalue weighted by Gasteiger charge is 2.36. The summed E-state index contributed by atoms with van der Waals surface area (Å²) in [6, 6.07) is 0. The van der Waals surface area contributed by atoms with Crippen molar-refractivity contribution in [2.75, 3.05) is 26.2 Å². The van der Waals surface area contributed by atoms with Gasteiger partial charge in [0.1, 0.15) is 10.1 Å².